The number of pyridine rings is 1. The Balaban J connectivity index is 2.08. The van der Waals surface area contributed by atoms with Gasteiger partial charge in [0, 0.05) is 17.8 Å². The predicted molar refractivity (Wildman–Crippen MR) is 92.5 cm³/mol. The van der Waals surface area contributed by atoms with Crippen LogP contribution in [0.15, 0.2) is 41.3 Å². The Kier molecular flexibility index (Phi) is 4.59. The molecule has 0 fully saturated rings. The van der Waals surface area contributed by atoms with Gasteiger partial charge in [0.25, 0.3) is 10.6 Å². The summed E-state index contributed by atoms with van der Waals surface area (Å²) in [6.45, 7) is 3.06. The van der Waals surface area contributed by atoms with Gasteiger partial charge < -0.3 is 19.2 Å². The van der Waals surface area contributed by atoms with Crippen LogP contribution in [-0.4, -0.2) is 26.5 Å². The van der Waals surface area contributed by atoms with Gasteiger partial charge >= 0.3 is 0 Å². The average Bonchev–Trinajstić information content (AvgIpc) is 2.61. The minimum absolute atomic E-state index is 0.333. The lowest BCUT2D eigenvalue weighted by Crippen LogP contribution is -2.52. The predicted octanol–water partition coefficient (Wildman–Crippen LogP) is 1.55. The Morgan fingerprint density at radius 3 is 2.78 bits per heavy atom. The van der Waals surface area contributed by atoms with E-state index in [4.69, 9.17) is 10.00 Å². The van der Waals surface area contributed by atoms with Crippen molar-refractivity contribution in [1.29, 1.82) is 5.26 Å². The largest absolute Gasteiger partial charge is 0.485 e. The summed E-state index contributed by atoms with van der Waals surface area (Å²) in [6.07, 6.45) is 0.372. The van der Waals surface area contributed by atoms with Gasteiger partial charge in [0.1, 0.15) is 24.1 Å². The van der Waals surface area contributed by atoms with Gasteiger partial charge in [0.15, 0.2) is 0 Å². The van der Waals surface area contributed by atoms with Gasteiger partial charge in [-0.15, -0.1) is 10.1 Å². The minimum atomic E-state index is -1.07. The van der Waals surface area contributed by atoms with E-state index >= 15 is 0 Å². The molecule has 9 heteroatoms. The van der Waals surface area contributed by atoms with Gasteiger partial charge in [-0.1, -0.05) is 0 Å². The number of fused-ring (bicyclic) bond motifs is 1. The summed E-state index contributed by atoms with van der Waals surface area (Å²) in [5.41, 5.74) is -0.219. The van der Waals surface area contributed by atoms with E-state index in [0.717, 1.165) is 0 Å². The molecule has 0 radical (unpaired) electrons. The molecule has 1 aromatic carbocycles. The van der Waals surface area contributed by atoms with Crippen LogP contribution in [0.25, 0.3) is 0 Å². The third kappa shape index (κ3) is 3.47. The molecule has 1 N–H and O–H groups in total. The molecule has 9 nitrogen and oxygen atoms in total. The highest BCUT2D eigenvalue weighted by atomic mass is 16.9. The molecule has 0 aliphatic carbocycles. The molecule has 0 bridgehead atoms. The minimum Gasteiger partial charge on any atom is -0.485 e. The van der Waals surface area contributed by atoms with Gasteiger partial charge in [-0.2, -0.15) is 5.26 Å². The third-order valence-electron chi connectivity index (χ3n) is 4.49. The maximum absolute atomic E-state index is 12.6. The Hall–Kier alpha value is -3.38. The molecule has 27 heavy (non-hydrogen) atoms. The van der Waals surface area contributed by atoms with Crippen LogP contribution in [0.4, 0.5) is 0 Å². The molecule has 2 heterocycles. The quantitative estimate of drug-likeness (QED) is 0.638. The Morgan fingerprint density at radius 2 is 2.15 bits per heavy atom. The molecule has 2 aromatic rings. The number of aromatic nitrogens is 1. The number of ether oxygens (including phenoxy) is 1. The highest BCUT2D eigenvalue weighted by Gasteiger charge is 2.44. The number of aliphatic hydroxyl groups excluding tert-OH is 1. The summed E-state index contributed by atoms with van der Waals surface area (Å²) in [5, 5.41) is 29.4. The normalized spacial score (nSPS) is 20.1. The number of hydrogen-bond donors (Lipinski definition) is 1. The molecule has 0 amide bonds. The van der Waals surface area contributed by atoms with Gasteiger partial charge in [-0.25, -0.2) is 0 Å². The second kappa shape index (κ2) is 6.74. The number of nitrogens with zero attached hydrogens (tertiary/aromatic N) is 3. The van der Waals surface area contributed by atoms with Crippen molar-refractivity contribution in [2.75, 3.05) is 0 Å². The highest BCUT2D eigenvalue weighted by Crippen LogP contribution is 2.41. The fourth-order valence-electron chi connectivity index (χ4n) is 3.12. The van der Waals surface area contributed by atoms with Crippen molar-refractivity contribution in [2.24, 2.45) is 0 Å². The molecule has 1 aromatic heterocycles. The zero-order valence-corrected chi connectivity index (χ0v) is 14.7. The Bertz CT molecular complexity index is 991. The third-order valence-corrected chi connectivity index (χ3v) is 4.49. The molecular formula is C18H17N3O6. The molecular weight excluding hydrogens is 354 g/mol. The van der Waals surface area contributed by atoms with Crippen LogP contribution in [0, 0.1) is 21.4 Å². The molecule has 1 aliphatic heterocycles. The lowest BCUT2D eigenvalue weighted by atomic mass is 9.85. The van der Waals surface area contributed by atoms with E-state index in [1.54, 1.807) is 32.0 Å². The number of rotatable bonds is 4. The fourth-order valence-corrected chi connectivity index (χ4v) is 3.12. The van der Waals surface area contributed by atoms with Crippen molar-refractivity contribution in [3.63, 3.8) is 0 Å². The number of benzene rings is 1. The average molecular weight is 371 g/mol. The zero-order valence-electron chi connectivity index (χ0n) is 14.7. The van der Waals surface area contributed by atoms with E-state index < -0.39 is 28.4 Å². The van der Waals surface area contributed by atoms with Crippen molar-refractivity contribution < 1.29 is 19.8 Å². The first kappa shape index (κ1) is 18.4. The van der Waals surface area contributed by atoms with E-state index in [-0.39, 0.29) is 6.61 Å². The fraction of sp³-hybridized carbons (Fsp3) is 0.333. The van der Waals surface area contributed by atoms with Crippen molar-refractivity contribution in [3.8, 4) is 11.8 Å². The highest BCUT2D eigenvalue weighted by molar-refractivity contribution is 5.46. The number of hydrogen-bond acceptors (Lipinski definition) is 7. The number of nitriles is 1. The monoisotopic (exact) mass is 371 g/mol. The molecule has 0 saturated heterocycles. The van der Waals surface area contributed by atoms with Gasteiger partial charge in [-0.3, -0.25) is 4.79 Å². The molecule has 0 spiro atoms. The first-order valence-corrected chi connectivity index (χ1v) is 8.12. The summed E-state index contributed by atoms with van der Waals surface area (Å²) < 4.78 is 7.17. The summed E-state index contributed by atoms with van der Waals surface area (Å²) in [4.78, 5) is 27.2. The Morgan fingerprint density at radius 1 is 1.41 bits per heavy atom. The second-order valence-electron chi connectivity index (χ2n) is 6.74. The smallest absolute Gasteiger partial charge is 0.294 e. The summed E-state index contributed by atoms with van der Waals surface area (Å²) in [7, 11) is 0. The molecule has 3 rings (SSSR count). The molecule has 2 atom stereocenters. The van der Waals surface area contributed by atoms with E-state index in [9.17, 15) is 20.0 Å². The topological polar surface area (TPSA) is 128 Å². The molecule has 2 unspecified atom stereocenters. The summed E-state index contributed by atoms with van der Waals surface area (Å²) >= 11 is 0. The van der Waals surface area contributed by atoms with Crippen LogP contribution >= 0.6 is 0 Å². The lowest BCUT2D eigenvalue weighted by molar-refractivity contribution is -0.763. The summed E-state index contributed by atoms with van der Waals surface area (Å²) in [6, 6.07) is 8.79. The lowest BCUT2D eigenvalue weighted by Gasteiger charge is -2.42. The second-order valence-corrected chi connectivity index (χ2v) is 6.74. The van der Waals surface area contributed by atoms with E-state index in [0.29, 0.717) is 22.4 Å². The van der Waals surface area contributed by atoms with Crippen LogP contribution in [-0.2, 0) is 11.4 Å². The molecule has 140 valence electrons. The standard InChI is InChI=1S/C18H17N3O6/c1-18(2)17(23)16(13-7-11(9-19)3-4-14(13)27-18)20-6-5-12(8-15(20)22)10-26-21(24)25/h3-8,16-17,23H,10H2,1-2H3. The number of aliphatic hydroxyl groups is 1. The molecule has 1 aliphatic rings. The van der Waals surface area contributed by atoms with Crippen LogP contribution in [0.3, 0.4) is 0 Å². The molecule has 0 saturated carbocycles. The van der Waals surface area contributed by atoms with Crippen LogP contribution in [0.2, 0.25) is 0 Å². The summed E-state index contributed by atoms with van der Waals surface area (Å²) in [5.74, 6) is 0.474. The first-order valence-electron chi connectivity index (χ1n) is 8.12. The van der Waals surface area contributed by atoms with Gasteiger partial charge in [0.2, 0.25) is 0 Å². The van der Waals surface area contributed by atoms with Crippen LogP contribution in [0.5, 0.6) is 5.75 Å². The Labute approximate surface area is 154 Å². The van der Waals surface area contributed by atoms with Crippen LogP contribution < -0.4 is 10.3 Å². The van der Waals surface area contributed by atoms with Crippen molar-refractivity contribution in [1.82, 2.24) is 4.57 Å². The van der Waals surface area contributed by atoms with Crippen molar-refractivity contribution >= 4 is 0 Å². The van der Waals surface area contributed by atoms with E-state index in [1.165, 1.54) is 22.9 Å². The first-order chi connectivity index (χ1) is 12.7. The zero-order chi connectivity index (χ0) is 19.8. The van der Waals surface area contributed by atoms with Crippen LogP contribution in [0.1, 0.15) is 36.6 Å². The van der Waals surface area contributed by atoms with E-state index in [2.05, 4.69) is 4.84 Å². The van der Waals surface area contributed by atoms with Crippen molar-refractivity contribution in [2.45, 2.75) is 38.2 Å². The van der Waals surface area contributed by atoms with E-state index in [1.807, 2.05) is 6.07 Å². The van der Waals surface area contributed by atoms with Crippen molar-refractivity contribution in [3.05, 3.63) is 73.7 Å². The maximum Gasteiger partial charge on any atom is 0.294 e. The maximum atomic E-state index is 12.6. The SMILES string of the molecule is CC1(C)Oc2ccc(C#N)cc2C(n2ccc(CO[N+](=O)[O-])cc2=O)C1O. The van der Waals surface area contributed by atoms with Gasteiger partial charge in [0.05, 0.1) is 17.7 Å². The van der Waals surface area contributed by atoms with Gasteiger partial charge in [-0.05, 0) is 43.7 Å².